The molecule has 2 N–H and O–H groups in total. The molecule has 3 aromatic heterocycles. The number of aromatic hydroxyl groups is 1. The Bertz CT molecular complexity index is 1460. The van der Waals surface area contributed by atoms with E-state index >= 15 is 4.39 Å². The van der Waals surface area contributed by atoms with Gasteiger partial charge in [0.25, 0.3) is 5.91 Å². The first-order valence-electron chi connectivity index (χ1n) is 11.1. The maximum Gasteiger partial charge on any atom is 0.259 e. The number of fused-ring (bicyclic) bond motifs is 1. The van der Waals surface area contributed by atoms with Crippen molar-refractivity contribution in [2.24, 2.45) is 0 Å². The highest BCUT2D eigenvalue weighted by atomic mass is 19.1. The van der Waals surface area contributed by atoms with Crippen LogP contribution >= 0.6 is 0 Å². The summed E-state index contributed by atoms with van der Waals surface area (Å²) in [5, 5.41) is 12.0. The van der Waals surface area contributed by atoms with Crippen LogP contribution in [0.5, 0.6) is 5.75 Å². The van der Waals surface area contributed by atoms with Crippen molar-refractivity contribution in [1.29, 1.82) is 0 Å². The number of pyridine rings is 1. The summed E-state index contributed by atoms with van der Waals surface area (Å²) in [4.78, 5) is 34.5. The van der Waals surface area contributed by atoms with E-state index in [1.54, 1.807) is 23.5 Å². The molecule has 5 rings (SSSR count). The maximum atomic E-state index is 15.0. The molecule has 4 aromatic rings. The number of carbonyl (C=O) groups excluding carboxylic acids is 2. The number of aromatic nitrogens is 3. The average Bonchev–Trinajstić information content (AvgIpc) is 3.49. The number of halogens is 1. The van der Waals surface area contributed by atoms with Crippen LogP contribution in [0.15, 0.2) is 73.8 Å². The van der Waals surface area contributed by atoms with Gasteiger partial charge in [0.2, 0.25) is 5.91 Å². The molecule has 0 radical (unpaired) electrons. The number of nitrogens with one attached hydrogen (secondary N) is 1. The standard InChI is InChI=1S/C26H22FN5O3/c1-2-25(34)31-10-7-17(14-31)20-13-23(32-15-28-8-6-22(20)32)16-3-4-19(21(27)11-16)26(35)30-24-12-18(33)5-9-29-24/h2-6,8-9,11-13,15,17H,1,7,10,14H2,(H2,29,30,33,35). The lowest BCUT2D eigenvalue weighted by Gasteiger charge is -2.13. The number of rotatable bonds is 5. The summed E-state index contributed by atoms with van der Waals surface area (Å²) in [5.41, 5.74) is 3.16. The highest BCUT2D eigenvalue weighted by Gasteiger charge is 2.29. The molecule has 0 saturated carbocycles. The van der Waals surface area contributed by atoms with Crippen molar-refractivity contribution in [3.63, 3.8) is 0 Å². The minimum Gasteiger partial charge on any atom is -0.508 e. The van der Waals surface area contributed by atoms with Crippen LogP contribution in [0.4, 0.5) is 10.2 Å². The van der Waals surface area contributed by atoms with E-state index in [-0.39, 0.29) is 29.0 Å². The molecule has 176 valence electrons. The van der Waals surface area contributed by atoms with Gasteiger partial charge >= 0.3 is 0 Å². The van der Waals surface area contributed by atoms with Crippen molar-refractivity contribution < 1.29 is 19.1 Å². The lowest BCUT2D eigenvalue weighted by Crippen LogP contribution is -2.26. The summed E-state index contributed by atoms with van der Waals surface area (Å²) < 4.78 is 16.9. The fourth-order valence-corrected chi connectivity index (χ4v) is 4.50. The smallest absolute Gasteiger partial charge is 0.259 e. The molecule has 4 heterocycles. The van der Waals surface area contributed by atoms with Gasteiger partial charge in [0.05, 0.1) is 23.1 Å². The van der Waals surface area contributed by atoms with Gasteiger partial charge in [-0.25, -0.2) is 14.4 Å². The number of likely N-dealkylation sites (tertiary alicyclic amines) is 1. The van der Waals surface area contributed by atoms with Gasteiger partial charge in [-0.05, 0) is 48.4 Å². The van der Waals surface area contributed by atoms with Crippen LogP contribution < -0.4 is 5.32 Å². The highest BCUT2D eigenvalue weighted by Crippen LogP contribution is 2.35. The highest BCUT2D eigenvalue weighted by molar-refractivity contribution is 6.04. The summed E-state index contributed by atoms with van der Waals surface area (Å²) in [7, 11) is 0. The molecule has 0 aliphatic carbocycles. The second-order valence-corrected chi connectivity index (χ2v) is 8.34. The van der Waals surface area contributed by atoms with Gasteiger partial charge in [0.1, 0.15) is 17.4 Å². The Kier molecular flexibility index (Phi) is 5.74. The van der Waals surface area contributed by atoms with Crippen molar-refractivity contribution in [3.8, 4) is 17.0 Å². The third kappa shape index (κ3) is 4.23. The number of benzene rings is 1. The first-order valence-corrected chi connectivity index (χ1v) is 11.1. The van der Waals surface area contributed by atoms with Gasteiger partial charge in [-0.3, -0.25) is 9.59 Å². The number of carbonyl (C=O) groups is 2. The summed E-state index contributed by atoms with van der Waals surface area (Å²) in [6, 6.07) is 10.9. The molecule has 1 aliphatic rings. The second-order valence-electron chi connectivity index (χ2n) is 8.34. The summed E-state index contributed by atoms with van der Waals surface area (Å²) in [6.45, 7) is 4.81. The van der Waals surface area contributed by atoms with E-state index in [1.165, 1.54) is 36.5 Å². The average molecular weight is 471 g/mol. The topological polar surface area (TPSA) is 99.8 Å². The Morgan fingerprint density at radius 3 is 2.80 bits per heavy atom. The van der Waals surface area contributed by atoms with Gasteiger partial charge in [-0.2, -0.15) is 0 Å². The molecule has 2 amide bonds. The zero-order valence-corrected chi connectivity index (χ0v) is 18.7. The van der Waals surface area contributed by atoms with E-state index in [0.29, 0.717) is 18.7 Å². The van der Waals surface area contributed by atoms with Crippen LogP contribution in [0.2, 0.25) is 0 Å². The third-order valence-electron chi connectivity index (χ3n) is 6.22. The minimum atomic E-state index is -0.691. The zero-order valence-electron chi connectivity index (χ0n) is 18.7. The maximum absolute atomic E-state index is 15.0. The van der Waals surface area contributed by atoms with Crippen LogP contribution in [0.25, 0.3) is 16.8 Å². The molecule has 1 aromatic carbocycles. The van der Waals surface area contributed by atoms with E-state index in [2.05, 4.69) is 21.9 Å². The number of nitrogens with zero attached hydrogens (tertiary/aromatic N) is 4. The first kappa shape index (κ1) is 22.3. The van der Waals surface area contributed by atoms with Crippen molar-refractivity contribution >= 4 is 23.1 Å². The van der Waals surface area contributed by atoms with Gasteiger partial charge in [0.15, 0.2) is 0 Å². The summed E-state index contributed by atoms with van der Waals surface area (Å²) in [5.74, 6) is -1.26. The molecular weight excluding hydrogens is 449 g/mol. The molecular formula is C26H22FN5O3. The van der Waals surface area contributed by atoms with Gasteiger partial charge < -0.3 is 19.7 Å². The Balaban J connectivity index is 1.46. The second kappa shape index (κ2) is 9.02. The van der Waals surface area contributed by atoms with Crippen LogP contribution in [0.1, 0.15) is 28.3 Å². The lowest BCUT2D eigenvalue weighted by atomic mass is 9.98. The van der Waals surface area contributed by atoms with Crippen LogP contribution in [-0.4, -0.2) is 49.3 Å². The molecule has 35 heavy (non-hydrogen) atoms. The van der Waals surface area contributed by atoms with E-state index in [0.717, 1.165) is 23.2 Å². The molecule has 0 spiro atoms. The SMILES string of the molecule is C=CC(=O)N1CCC(c2cc(-c3ccc(C(=O)Nc4cc(O)ccn4)c(F)c3)n3cnccc23)C1. The summed E-state index contributed by atoms with van der Waals surface area (Å²) >= 11 is 0. The number of anilines is 1. The predicted octanol–water partition coefficient (Wildman–Crippen LogP) is 4.00. The zero-order chi connectivity index (χ0) is 24.5. The number of amides is 2. The lowest BCUT2D eigenvalue weighted by molar-refractivity contribution is -0.125. The molecule has 1 aliphatic heterocycles. The molecule has 1 saturated heterocycles. The van der Waals surface area contributed by atoms with Crippen LogP contribution in [-0.2, 0) is 4.79 Å². The predicted molar refractivity (Wildman–Crippen MR) is 129 cm³/mol. The van der Waals surface area contributed by atoms with Crippen molar-refractivity contribution in [1.82, 2.24) is 19.3 Å². The number of hydrogen-bond acceptors (Lipinski definition) is 5. The van der Waals surface area contributed by atoms with Crippen LogP contribution in [0.3, 0.4) is 0 Å². The Morgan fingerprint density at radius 2 is 2.03 bits per heavy atom. The van der Waals surface area contributed by atoms with Crippen molar-refractivity contribution in [3.05, 3.63) is 90.8 Å². The van der Waals surface area contributed by atoms with E-state index < -0.39 is 11.7 Å². The van der Waals surface area contributed by atoms with E-state index in [4.69, 9.17) is 0 Å². The third-order valence-corrected chi connectivity index (χ3v) is 6.22. The quantitative estimate of drug-likeness (QED) is 0.429. The first-order chi connectivity index (χ1) is 16.9. The molecule has 8 nitrogen and oxygen atoms in total. The normalized spacial score (nSPS) is 15.3. The van der Waals surface area contributed by atoms with Crippen LogP contribution in [0, 0.1) is 5.82 Å². The Morgan fingerprint density at radius 1 is 1.17 bits per heavy atom. The van der Waals surface area contributed by atoms with Crippen molar-refractivity contribution in [2.45, 2.75) is 12.3 Å². The fraction of sp³-hybridized carbons (Fsp3) is 0.154. The molecule has 1 unspecified atom stereocenters. The Labute approximate surface area is 200 Å². The molecule has 1 fully saturated rings. The molecule has 9 heteroatoms. The monoisotopic (exact) mass is 471 g/mol. The number of hydrogen-bond donors (Lipinski definition) is 2. The largest absolute Gasteiger partial charge is 0.508 e. The van der Waals surface area contributed by atoms with Gasteiger partial charge in [-0.15, -0.1) is 0 Å². The minimum absolute atomic E-state index is 0.0603. The van der Waals surface area contributed by atoms with Gasteiger partial charge in [0, 0.05) is 43.0 Å². The van der Waals surface area contributed by atoms with Gasteiger partial charge in [-0.1, -0.05) is 12.6 Å². The van der Waals surface area contributed by atoms with E-state index in [1.807, 2.05) is 16.5 Å². The molecule has 1 atom stereocenters. The Hall–Kier alpha value is -4.53. The fourth-order valence-electron chi connectivity index (χ4n) is 4.50. The van der Waals surface area contributed by atoms with E-state index in [9.17, 15) is 14.7 Å². The van der Waals surface area contributed by atoms with Crippen molar-refractivity contribution in [2.75, 3.05) is 18.4 Å². The molecule has 0 bridgehead atoms. The summed E-state index contributed by atoms with van der Waals surface area (Å²) in [6.07, 6.45) is 6.85.